The van der Waals surface area contributed by atoms with Gasteiger partial charge in [0.15, 0.2) is 0 Å². The number of hydrogen-bond acceptors (Lipinski definition) is 5. The van der Waals surface area contributed by atoms with Gasteiger partial charge in [-0.3, -0.25) is 9.80 Å². The van der Waals surface area contributed by atoms with Crippen LogP contribution < -0.4 is 5.73 Å². The summed E-state index contributed by atoms with van der Waals surface area (Å²) in [6, 6.07) is 0.570. The zero-order valence-electron chi connectivity index (χ0n) is 9.59. The maximum atomic E-state index is 5.85. The Hall–Kier alpha value is -0.490. The molecule has 4 rings (SSSR count). The maximum absolute atomic E-state index is 5.85. The summed E-state index contributed by atoms with van der Waals surface area (Å²) in [5, 5.41) is 3.36. The fraction of sp³-hybridized carbons (Fsp3) is 0.727. The van der Waals surface area contributed by atoms with E-state index in [4.69, 9.17) is 5.73 Å². The Morgan fingerprint density at radius 3 is 2.69 bits per heavy atom. The Kier molecular flexibility index (Phi) is 2.71. The molecule has 2 unspecified atom stereocenters. The van der Waals surface area contributed by atoms with Gasteiger partial charge in [-0.15, -0.1) is 11.3 Å². The molecule has 0 aliphatic carbocycles. The molecule has 3 fully saturated rings. The van der Waals surface area contributed by atoms with E-state index in [1.807, 2.05) is 6.92 Å². The summed E-state index contributed by atoms with van der Waals surface area (Å²) in [6.07, 6.45) is 0. The molecule has 3 aliphatic rings. The molecule has 0 amide bonds. The highest BCUT2D eigenvalue weighted by Crippen LogP contribution is 2.31. The molecule has 5 heteroatoms. The molecule has 2 atom stereocenters. The van der Waals surface area contributed by atoms with Gasteiger partial charge in [0.05, 0.1) is 11.7 Å². The summed E-state index contributed by atoms with van der Waals surface area (Å²) in [6.45, 7) is 7.97. The summed E-state index contributed by atoms with van der Waals surface area (Å²) in [7, 11) is 0. The molecule has 0 radical (unpaired) electrons. The third-order valence-electron chi connectivity index (χ3n) is 3.57. The van der Waals surface area contributed by atoms with Gasteiger partial charge in [0.2, 0.25) is 0 Å². The Morgan fingerprint density at radius 2 is 2.19 bits per heavy atom. The topological polar surface area (TPSA) is 45.4 Å². The highest BCUT2D eigenvalue weighted by Gasteiger charge is 2.34. The zero-order chi connectivity index (χ0) is 11.1. The predicted octanol–water partition coefficient (Wildman–Crippen LogP) is 0.835. The first-order valence-corrected chi connectivity index (χ1v) is 6.79. The van der Waals surface area contributed by atoms with Crippen molar-refractivity contribution in [3.63, 3.8) is 0 Å². The van der Waals surface area contributed by atoms with E-state index in [0.717, 1.165) is 12.2 Å². The minimum Gasteiger partial charge on any atom is -0.323 e. The van der Waals surface area contributed by atoms with Crippen molar-refractivity contribution in [2.45, 2.75) is 19.0 Å². The average molecular weight is 238 g/mol. The number of fused-ring (bicyclic) bond motifs is 3. The van der Waals surface area contributed by atoms with Crippen molar-refractivity contribution < 1.29 is 0 Å². The lowest BCUT2D eigenvalue weighted by Crippen LogP contribution is -2.56. The van der Waals surface area contributed by atoms with E-state index in [1.165, 1.54) is 31.2 Å². The Morgan fingerprint density at radius 1 is 1.44 bits per heavy atom. The number of hydrogen-bond donors (Lipinski definition) is 1. The molecule has 3 saturated heterocycles. The smallest absolute Gasteiger partial charge is 0.111 e. The van der Waals surface area contributed by atoms with Crippen LogP contribution in [0.4, 0.5) is 0 Å². The van der Waals surface area contributed by atoms with Crippen LogP contribution in [0.2, 0.25) is 0 Å². The van der Waals surface area contributed by atoms with Crippen molar-refractivity contribution >= 4 is 11.3 Å². The molecule has 2 N–H and O–H groups in total. The van der Waals surface area contributed by atoms with Gasteiger partial charge >= 0.3 is 0 Å². The van der Waals surface area contributed by atoms with Crippen LogP contribution >= 0.6 is 11.3 Å². The number of rotatable bonds is 2. The second-order valence-corrected chi connectivity index (χ2v) is 5.64. The van der Waals surface area contributed by atoms with Crippen molar-refractivity contribution in [2.75, 3.05) is 32.7 Å². The highest BCUT2D eigenvalue weighted by atomic mass is 32.1. The van der Waals surface area contributed by atoms with Gasteiger partial charge < -0.3 is 5.73 Å². The SMILES string of the molecule is CC(N)c1csc(C2CN3CCN2CC3)n1. The van der Waals surface area contributed by atoms with Crippen LogP contribution in [0.1, 0.15) is 29.7 Å². The van der Waals surface area contributed by atoms with Crippen LogP contribution in [0.5, 0.6) is 0 Å². The fourth-order valence-corrected chi connectivity index (χ4v) is 3.56. The molecular formula is C11H18N4S. The van der Waals surface area contributed by atoms with E-state index in [-0.39, 0.29) is 6.04 Å². The molecular weight excluding hydrogens is 220 g/mol. The first-order chi connectivity index (χ1) is 7.74. The largest absolute Gasteiger partial charge is 0.323 e. The van der Waals surface area contributed by atoms with Gasteiger partial charge in [-0.2, -0.15) is 0 Å². The summed E-state index contributed by atoms with van der Waals surface area (Å²) < 4.78 is 0. The number of piperazine rings is 3. The summed E-state index contributed by atoms with van der Waals surface area (Å²) in [5.74, 6) is 0. The minimum atomic E-state index is 0.0566. The van der Waals surface area contributed by atoms with E-state index in [1.54, 1.807) is 11.3 Å². The molecule has 3 aliphatic heterocycles. The standard InChI is InChI=1S/C11H18N4S/c1-8(12)9-7-16-11(13-9)10-6-14-2-4-15(10)5-3-14/h7-8,10H,2-6,12H2,1H3. The summed E-state index contributed by atoms with van der Waals surface area (Å²) in [4.78, 5) is 9.78. The first-order valence-electron chi connectivity index (χ1n) is 5.91. The number of aromatic nitrogens is 1. The van der Waals surface area contributed by atoms with Gasteiger partial charge in [-0.25, -0.2) is 4.98 Å². The van der Waals surface area contributed by atoms with Crippen molar-refractivity contribution in [1.29, 1.82) is 0 Å². The third-order valence-corrected chi connectivity index (χ3v) is 4.53. The van der Waals surface area contributed by atoms with Crippen LogP contribution in [0.25, 0.3) is 0 Å². The number of thiazole rings is 1. The van der Waals surface area contributed by atoms with Crippen molar-refractivity contribution in [3.05, 3.63) is 16.1 Å². The normalized spacial score (nSPS) is 35.2. The molecule has 0 spiro atoms. The maximum Gasteiger partial charge on any atom is 0.111 e. The molecule has 2 bridgehead atoms. The van der Waals surface area contributed by atoms with Gasteiger partial charge in [-0.05, 0) is 6.92 Å². The first kappa shape index (κ1) is 10.7. The van der Waals surface area contributed by atoms with E-state index in [0.29, 0.717) is 6.04 Å². The Labute approximate surface area is 100 Å². The molecule has 0 aromatic carbocycles. The molecule has 1 aromatic rings. The minimum absolute atomic E-state index is 0.0566. The molecule has 16 heavy (non-hydrogen) atoms. The second-order valence-electron chi connectivity index (χ2n) is 4.75. The lowest BCUT2D eigenvalue weighted by atomic mass is 10.1. The lowest BCUT2D eigenvalue weighted by Gasteiger charge is -2.46. The monoisotopic (exact) mass is 238 g/mol. The van der Waals surface area contributed by atoms with Gasteiger partial charge in [0.25, 0.3) is 0 Å². The molecule has 1 aromatic heterocycles. The van der Waals surface area contributed by atoms with E-state index >= 15 is 0 Å². The Balaban J connectivity index is 1.81. The van der Waals surface area contributed by atoms with Crippen LogP contribution in [0.3, 0.4) is 0 Å². The van der Waals surface area contributed by atoms with Crippen molar-refractivity contribution in [2.24, 2.45) is 5.73 Å². The predicted molar refractivity (Wildman–Crippen MR) is 65.5 cm³/mol. The van der Waals surface area contributed by atoms with Gasteiger partial charge in [0.1, 0.15) is 5.01 Å². The summed E-state index contributed by atoms with van der Waals surface area (Å²) >= 11 is 1.76. The van der Waals surface area contributed by atoms with Crippen LogP contribution in [-0.4, -0.2) is 47.5 Å². The van der Waals surface area contributed by atoms with Crippen LogP contribution in [-0.2, 0) is 0 Å². The van der Waals surface area contributed by atoms with Crippen molar-refractivity contribution in [1.82, 2.24) is 14.8 Å². The fourth-order valence-electron chi connectivity index (χ4n) is 2.51. The highest BCUT2D eigenvalue weighted by molar-refractivity contribution is 7.09. The van der Waals surface area contributed by atoms with Gasteiger partial charge in [0, 0.05) is 44.1 Å². The van der Waals surface area contributed by atoms with E-state index < -0.39 is 0 Å². The lowest BCUT2D eigenvalue weighted by molar-refractivity contribution is 0.0122. The van der Waals surface area contributed by atoms with E-state index in [9.17, 15) is 0 Å². The van der Waals surface area contributed by atoms with E-state index in [2.05, 4.69) is 20.2 Å². The molecule has 0 saturated carbocycles. The molecule has 4 heterocycles. The summed E-state index contributed by atoms with van der Waals surface area (Å²) in [5.41, 5.74) is 6.89. The van der Waals surface area contributed by atoms with Crippen LogP contribution in [0, 0.1) is 0 Å². The number of nitrogens with zero attached hydrogens (tertiary/aromatic N) is 3. The second kappa shape index (κ2) is 4.07. The zero-order valence-corrected chi connectivity index (χ0v) is 10.4. The Bertz CT molecular complexity index is 368. The van der Waals surface area contributed by atoms with Crippen molar-refractivity contribution in [3.8, 4) is 0 Å². The quantitative estimate of drug-likeness (QED) is 0.829. The van der Waals surface area contributed by atoms with Crippen LogP contribution in [0.15, 0.2) is 5.38 Å². The van der Waals surface area contributed by atoms with Gasteiger partial charge in [-0.1, -0.05) is 0 Å². The third kappa shape index (κ3) is 1.78. The number of nitrogens with two attached hydrogens (primary N) is 1. The molecule has 88 valence electrons. The molecule has 4 nitrogen and oxygen atoms in total. The average Bonchev–Trinajstić information content (AvgIpc) is 2.80.